The minimum atomic E-state index is -0.695. The summed E-state index contributed by atoms with van der Waals surface area (Å²) in [5.41, 5.74) is 3.13. The third-order valence-corrected chi connectivity index (χ3v) is 3.39. The molecular formula is C19H25NO. The molecule has 1 N–H and O–H groups in total. The van der Waals surface area contributed by atoms with Crippen LogP contribution in [0, 0.1) is 6.92 Å². The second kappa shape index (κ2) is 6.88. The molecule has 0 amide bonds. The van der Waals surface area contributed by atoms with Crippen LogP contribution < -0.4 is 0 Å². The molecule has 0 aliphatic carbocycles. The highest BCUT2D eigenvalue weighted by Gasteiger charge is 2.18. The van der Waals surface area contributed by atoms with E-state index in [9.17, 15) is 5.11 Å². The number of hydrogen-bond acceptors (Lipinski definition) is 2. The molecule has 0 unspecified atom stereocenters. The number of rotatable bonds is 6. The predicted octanol–water partition coefficient (Wildman–Crippen LogP) is 3.77. The van der Waals surface area contributed by atoms with Crippen molar-refractivity contribution < 1.29 is 5.11 Å². The molecule has 0 radical (unpaired) electrons. The second-order valence-corrected chi connectivity index (χ2v) is 6.43. The van der Waals surface area contributed by atoms with Gasteiger partial charge in [-0.2, -0.15) is 0 Å². The van der Waals surface area contributed by atoms with Crippen LogP contribution in [-0.2, 0) is 13.1 Å². The largest absolute Gasteiger partial charge is 0.389 e. The van der Waals surface area contributed by atoms with Gasteiger partial charge in [-0.15, -0.1) is 0 Å². The van der Waals surface area contributed by atoms with E-state index in [-0.39, 0.29) is 0 Å². The lowest BCUT2D eigenvalue weighted by Crippen LogP contribution is -2.37. The zero-order chi connectivity index (χ0) is 15.3. The normalized spacial score (nSPS) is 11.9. The van der Waals surface area contributed by atoms with Crippen molar-refractivity contribution in [3.63, 3.8) is 0 Å². The van der Waals surface area contributed by atoms with Gasteiger partial charge in [0.25, 0.3) is 0 Å². The summed E-state index contributed by atoms with van der Waals surface area (Å²) in [4.78, 5) is 2.29. The Kier molecular flexibility index (Phi) is 5.16. The number of hydrogen-bond donors (Lipinski definition) is 1. The SMILES string of the molecule is Cc1ccc(CN(Cc2ccccc2)CC(C)(C)O)cc1. The molecule has 0 saturated heterocycles. The molecule has 2 aromatic carbocycles. The van der Waals surface area contributed by atoms with Crippen LogP contribution in [-0.4, -0.2) is 22.2 Å². The highest BCUT2D eigenvalue weighted by atomic mass is 16.3. The van der Waals surface area contributed by atoms with Gasteiger partial charge in [0.1, 0.15) is 0 Å². The summed E-state index contributed by atoms with van der Waals surface area (Å²) in [6.07, 6.45) is 0. The molecule has 2 rings (SSSR count). The average Bonchev–Trinajstić information content (AvgIpc) is 2.41. The van der Waals surface area contributed by atoms with Crippen LogP contribution in [0.2, 0.25) is 0 Å². The first kappa shape index (κ1) is 15.7. The van der Waals surface area contributed by atoms with Crippen molar-refractivity contribution in [3.8, 4) is 0 Å². The average molecular weight is 283 g/mol. The Bertz CT molecular complexity index is 540. The molecule has 2 heteroatoms. The first-order chi connectivity index (χ1) is 9.92. The van der Waals surface area contributed by atoms with Crippen LogP contribution in [0.5, 0.6) is 0 Å². The molecule has 0 saturated carbocycles. The fourth-order valence-corrected chi connectivity index (χ4v) is 2.51. The molecule has 0 spiro atoms. The van der Waals surface area contributed by atoms with E-state index in [1.54, 1.807) is 0 Å². The summed E-state index contributed by atoms with van der Waals surface area (Å²) in [7, 11) is 0. The van der Waals surface area contributed by atoms with Crippen LogP contribution >= 0.6 is 0 Å². The molecule has 0 aliphatic rings. The number of benzene rings is 2. The van der Waals surface area contributed by atoms with Crippen LogP contribution in [0.1, 0.15) is 30.5 Å². The van der Waals surface area contributed by atoms with E-state index in [0.717, 1.165) is 13.1 Å². The Morgan fingerprint density at radius 3 is 1.90 bits per heavy atom. The Labute approximate surface area is 128 Å². The van der Waals surface area contributed by atoms with Gasteiger partial charge in [0, 0.05) is 19.6 Å². The van der Waals surface area contributed by atoms with E-state index < -0.39 is 5.60 Å². The fourth-order valence-electron chi connectivity index (χ4n) is 2.51. The summed E-state index contributed by atoms with van der Waals surface area (Å²) >= 11 is 0. The van der Waals surface area contributed by atoms with Crippen molar-refractivity contribution >= 4 is 0 Å². The molecule has 2 nitrogen and oxygen atoms in total. The van der Waals surface area contributed by atoms with Crippen molar-refractivity contribution in [2.75, 3.05) is 6.54 Å². The van der Waals surface area contributed by atoms with Gasteiger partial charge >= 0.3 is 0 Å². The van der Waals surface area contributed by atoms with E-state index >= 15 is 0 Å². The molecule has 112 valence electrons. The Morgan fingerprint density at radius 2 is 1.38 bits per heavy atom. The Morgan fingerprint density at radius 1 is 0.857 bits per heavy atom. The molecular weight excluding hydrogens is 258 g/mol. The van der Waals surface area contributed by atoms with Gasteiger partial charge in [0.05, 0.1) is 5.60 Å². The zero-order valence-electron chi connectivity index (χ0n) is 13.2. The van der Waals surface area contributed by atoms with Gasteiger partial charge in [-0.05, 0) is 31.9 Å². The van der Waals surface area contributed by atoms with E-state index in [1.807, 2.05) is 19.9 Å². The molecule has 21 heavy (non-hydrogen) atoms. The van der Waals surface area contributed by atoms with Crippen molar-refractivity contribution in [2.24, 2.45) is 0 Å². The van der Waals surface area contributed by atoms with Crippen LogP contribution in [0.15, 0.2) is 54.6 Å². The minimum Gasteiger partial charge on any atom is -0.389 e. The minimum absolute atomic E-state index is 0.649. The topological polar surface area (TPSA) is 23.5 Å². The lowest BCUT2D eigenvalue weighted by Gasteiger charge is -2.29. The third-order valence-electron chi connectivity index (χ3n) is 3.39. The molecule has 0 fully saturated rings. The van der Waals surface area contributed by atoms with Crippen molar-refractivity contribution in [3.05, 3.63) is 71.3 Å². The monoisotopic (exact) mass is 283 g/mol. The molecule has 0 atom stereocenters. The maximum absolute atomic E-state index is 10.1. The first-order valence-electron chi connectivity index (χ1n) is 7.47. The standard InChI is InChI=1S/C19H25NO/c1-16-9-11-18(12-10-16)14-20(15-19(2,3)21)13-17-7-5-4-6-8-17/h4-12,21H,13-15H2,1-3H3. The summed E-state index contributed by atoms with van der Waals surface area (Å²) < 4.78 is 0. The van der Waals surface area contributed by atoms with E-state index in [1.165, 1.54) is 16.7 Å². The fraction of sp³-hybridized carbons (Fsp3) is 0.368. The van der Waals surface area contributed by atoms with Crippen LogP contribution in [0.4, 0.5) is 0 Å². The van der Waals surface area contributed by atoms with E-state index in [0.29, 0.717) is 6.54 Å². The van der Waals surface area contributed by atoms with E-state index in [2.05, 4.69) is 60.4 Å². The van der Waals surface area contributed by atoms with Crippen molar-refractivity contribution in [1.82, 2.24) is 4.90 Å². The lowest BCUT2D eigenvalue weighted by atomic mass is 10.1. The van der Waals surface area contributed by atoms with Gasteiger partial charge in [0.15, 0.2) is 0 Å². The Hall–Kier alpha value is -1.64. The smallest absolute Gasteiger partial charge is 0.0718 e. The van der Waals surface area contributed by atoms with Gasteiger partial charge in [-0.3, -0.25) is 4.90 Å². The Balaban J connectivity index is 2.10. The lowest BCUT2D eigenvalue weighted by molar-refractivity contribution is 0.0307. The van der Waals surface area contributed by atoms with Crippen molar-refractivity contribution in [2.45, 2.75) is 39.5 Å². The van der Waals surface area contributed by atoms with Gasteiger partial charge < -0.3 is 5.11 Å². The molecule has 0 aliphatic heterocycles. The molecule has 2 aromatic rings. The second-order valence-electron chi connectivity index (χ2n) is 6.43. The van der Waals surface area contributed by atoms with Gasteiger partial charge in [-0.1, -0.05) is 60.2 Å². The third kappa shape index (κ3) is 5.70. The first-order valence-corrected chi connectivity index (χ1v) is 7.47. The molecule has 0 aromatic heterocycles. The number of aliphatic hydroxyl groups is 1. The van der Waals surface area contributed by atoms with E-state index in [4.69, 9.17) is 0 Å². The predicted molar refractivity (Wildman–Crippen MR) is 88.0 cm³/mol. The zero-order valence-corrected chi connectivity index (χ0v) is 13.2. The van der Waals surface area contributed by atoms with Gasteiger partial charge in [0.2, 0.25) is 0 Å². The maximum atomic E-state index is 10.1. The summed E-state index contributed by atoms with van der Waals surface area (Å²) in [5.74, 6) is 0. The number of nitrogens with zero attached hydrogens (tertiary/aromatic N) is 1. The summed E-state index contributed by atoms with van der Waals surface area (Å²) in [6.45, 7) is 8.16. The number of aryl methyl sites for hydroxylation is 1. The van der Waals surface area contributed by atoms with Gasteiger partial charge in [-0.25, -0.2) is 0 Å². The maximum Gasteiger partial charge on any atom is 0.0718 e. The highest BCUT2D eigenvalue weighted by Crippen LogP contribution is 2.14. The quantitative estimate of drug-likeness (QED) is 0.872. The van der Waals surface area contributed by atoms with Crippen molar-refractivity contribution in [1.29, 1.82) is 0 Å². The molecule has 0 heterocycles. The van der Waals surface area contributed by atoms with Crippen LogP contribution in [0.3, 0.4) is 0 Å². The summed E-state index contributed by atoms with van der Waals surface area (Å²) in [5, 5.41) is 10.1. The summed E-state index contributed by atoms with van der Waals surface area (Å²) in [6, 6.07) is 19.0. The molecule has 0 bridgehead atoms. The highest BCUT2D eigenvalue weighted by molar-refractivity contribution is 5.21. The van der Waals surface area contributed by atoms with Crippen LogP contribution in [0.25, 0.3) is 0 Å².